The van der Waals surface area contributed by atoms with Crippen molar-refractivity contribution in [2.75, 3.05) is 18.5 Å². The molecule has 9 heteroatoms. The maximum Gasteiger partial charge on any atom is 0.232 e. The van der Waals surface area contributed by atoms with E-state index in [1.165, 1.54) is 6.07 Å². The van der Waals surface area contributed by atoms with Crippen LogP contribution in [0.3, 0.4) is 0 Å². The van der Waals surface area contributed by atoms with Gasteiger partial charge in [-0.3, -0.25) is 4.98 Å². The monoisotopic (exact) mass is 455 g/mol. The molecule has 0 saturated heterocycles. The SMILES string of the molecule is NCCOc1cnc2ccc(-c3nc(CNc4ccccc4F)[nH]c3-c3ccccn3)cc2n1. The summed E-state index contributed by atoms with van der Waals surface area (Å²) < 4.78 is 19.6. The smallest absolute Gasteiger partial charge is 0.232 e. The van der Waals surface area contributed by atoms with E-state index >= 15 is 0 Å². The maximum atomic E-state index is 14.0. The number of aromatic nitrogens is 5. The molecule has 0 aliphatic heterocycles. The van der Waals surface area contributed by atoms with Crippen molar-refractivity contribution in [3.8, 4) is 28.5 Å². The molecule has 3 aromatic heterocycles. The Morgan fingerprint density at radius 1 is 0.971 bits per heavy atom. The Morgan fingerprint density at radius 2 is 1.85 bits per heavy atom. The number of para-hydroxylation sites is 1. The van der Waals surface area contributed by atoms with Gasteiger partial charge in [0, 0.05) is 18.3 Å². The molecule has 0 amide bonds. The van der Waals surface area contributed by atoms with Crippen LogP contribution in [0.25, 0.3) is 33.7 Å². The van der Waals surface area contributed by atoms with E-state index in [-0.39, 0.29) is 5.82 Å². The van der Waals surface area contributed by atoms with E-state index in [1.54, 1.807) is 30.6 Å². The fraction of sp³-hybridized carbons (Fsp3) is 0.120. The highest BCUT2D eigenvalue weighted by Crippen LogP contribution is 2.31. The van der Waals surface area contributed by atoms with Crippen LogP contribution in [-0.2, 0) is 6.54 Å². The molecule has 0 aliphatic carbocycles. The topological polar surface area (TPSA) is 115 Å². The molecule has 0 saturated carbocycles. The number of hydrogen-bond donors (Lipinski definition) is 3. The standard InChI is InChI=1S/C25H22FN7O/c26-17-5-1-2-6-18(17)29-14-22-32-24(25(33-22)20-7-3-4-11-28-20)16-8-9-19-21(13-16)31-23(15-30-19)34-12-10-27/h1-9,11,13,15,29H,10,12,14,27H2,(H,32,33). The van der Waals surface area contributed by atoms with Gasteiger partial charge in [0.25, 0.3) is 0 Å². The number of aromatic amines is 1. The number of H-pyrrole nitrogens is 1. The molecule has 0 spiro atoms. The van der Waals surface area contributed by atoms with Crippen molar-refractivity contribution in [3.05, 3.63) is 84.7 Å². The lowest BCUT2D eigenvalue weighted by atomic mass is 10.1. The summed E-state index contributed by atoms with van der Waals surface area (Å²) in [6, 6.07) is 17.9. The second kappa shape index (κ2) is 9.63. The zero-order valence-electron chi connectivity index (χ0n) is 18.2. The quantitative estimate of drug-likeness (QED) is 0.322. The molecule has 5 aromatic rings. The number of imidazole rings is 1. The van der Waals surface area contributed by atoms with Gasteiger partial charge in [0.1, 0.15) is 18.2 Å². The van der Waals surface area contributed by atoms with Gasteiger partial charge in [-0.15, -0.1) is 0 Å². The van der Waals surface area contributed by atoms with Gasteiger partial charge in [-0.2, -0.15) is 0 Å². The number of halogens is 1. The zero-order chi connectivity index (χ0) is 23.3. The van der Waals surface area contributed by atoms with Crippen LogP contribution in [0.4, 0.5) is 10.1 Å². The van der Waals surface area contributed by atoms with Crippen LogP contribution in [-0.4, -0.2) is 38.1 Å². The summed E-state index contributed by atoms with van der Waals surface area (Å²) in [5.41, 5.74) is 10.4. The van der Waals surface area contributed by atoms with Gasteiger partial charge in [-0.25, -0.2) is 19.3 Å². The Morgan fingerprint density at radius 3 is 2.68 bits per heavy atom. The molecule has 0 radical (unpaired) electrons. The average molecular weight is 455 g/mol. The van der Waals surface area contributed by atoms with E-state index < -0.39 is 0 Å². The summed E-state index contributed by atoms with van der Waals surface area (Å²) in [6.07, 6.45) is 3.31. The Kier molecular flexibility index (Phi) is 6.09. The number of nitrogens with one attached hydrogen (secondary N) is 2. The minimum absolute atomic E-state index is 0.311. The number of ether oxygens (including phenoxy) is 1. The predicted octanol–water partition coefficient (Wildman–Crippen LogP) is 4.17. The van der Waals surface area contributed by atoms with E-state index in [2.05, 4.69) is 25.3 Å². The third kappa shape index (κ3) is 4.55. The van der Waals surface area contributed by atoms with Gasteiger partial charge in [0.2, 0.25) is 5.88 Å². The van der Waals surface area contributed by atoms with Crippen LogP contribution in [0.2, 0.25) is 0 Å². The predicted molar refractivity (Wildman–Crippen MR) is 129 cm³/mol. The van der Waals surface area contributed by atoms with Crippen molar-refractivity contribution in [1.29, 1.82) is 0 Å². The average Bonchev–Trinajstić information content (AvgIpc) is 3.31. The summed E-state index contributed by atoms with van der Waals surface area (Å²) in [4.78, 5) is 21.6. The third-order valence-corrected chi connectivity index (χ3v) is 5.16. The van der Waals surface area contributed by atoms with Crippen LogP contribution in [0.1, 0.15) is 5.82 Å². The zero-order valence-corrected chi connectivity index (χ0v) is 18.2. The van der Waals surface area contributed by atoms with Gasteiger partial charge in [-0.05, 0) is 36.4 Å². The first-order chi connectivity index (χ1) is 16.7. The number of pyridine rings is 1. The van der Waals surface area contributed by atoms with Crippen molar-refractivity contribution < 1.29 is 9.13 Å². The Labute approximate surface area is 195 Å². The normalized spacial score (nSPS) is 11.0. The third-order valence-electron chi connectivity index (χ3n) is 5.16. The highest BCUT2D eigenvalue weighted by molar-refractivity contribution is 5.85. The molecular formula is C25H22FN7O. The number of fused-ring (bicyclic) bond motifs is 1. The highest BCUT2D eigenvalue weighted by atomic mass is 19.1. The van der Waals surface area contributed by atoms with Gasteiger partial charge in [-0.1, -0.05) is 24.3 Å². The first kappa shape index (κ1) is 21.5. The van der Waals surface area contributed by atoms with E-state index in [1.807, 2.05) is 36.4 Å². The first-order valence-electron chi connectivity index (χ1n) is 10.8. The number of nitrogens with zero attached hydrogens (tertiary/aromatic N) is 4. The Bertz CT molecular complexity index is 1420. The molecule has 5 rings (SSSR count). The molecule has 0 fully saturated rings. The van der Waals surface area contributed by atoms with Crippen LogP contribution in [0, 0.1) is 5.82 Å². The number of nitrogens with two attached hydrogens (primary N) is 1. The second-order valence-electron chi connectivity index (χ2n) is 7.50. The summed E-state index contributed by atoms with van der Waals surface area (Å²) in [7, 11) is 0. The molecule has 0 bridgehead atoms. The molecular weight excluding hydrogens is 433 g/mol. The molecule has 34 heavy (non-hydrogen) atoms. The summed E-state index contributed by atoms with van der Waals surface area (Å²) in [6.45, 7) is 1.07. The van der Waals surface area contributed by atoms with E-state index in [9.17, 15) is 4.39 Å². The van der Waals surface area contributed by atoms with Crippen molar-refractivity contribution in [3.63, 3.8) is 0 Å². The molecule has 0 unspecified atom stereocenters. The summed E-state index contributed by atoms with van der Waals surface area (Å²) in [5, 5.41) is 3.09. The Balaban J connectivity index is 1.52. The van der Waals surface area contributed by atoms with Gasteiger partial charge in [0.05, 0.1) is 46.5 Å². The minimum atomic E-state index is -0.319. The van der Waals surface area contributed by atoms with Crippen LogP contribution >= 0.6 is 0 Å². The summed E-state index contributed by atoms with van der Waals surface area (Å²) in [5.74, 6) is 0.738. The lowest BCUT2D eigenvalue weighted by Crippen LogP contribution is -2.11. The largest absolute Gasteiger partial charge is 0.475 e. The Hall–Kier alpha value is -4.37. The molecule has 0 atom stereocenters. The second-order valence-corrected chi connectivity index (χ2v) is 7.50. The lowest BCUT2D eigenvalue weighted by molar-refractivity contribution is 0.315. The highest BCUT2D eigenvalue weighted by Gasteiger charge is 2.16. The van der Waals surface area contributed by atoms with E-state index in [0.29, 0.717) is 48.3 Å². The van der Waals surface area contributed by atoms with Crippen molar-refractivity contribution in [2.45, 2.75) is 6.54 Å². The lowest BCUT2D eigenvalue weighted by Gasteiger charge is -2.06. The van der Waals surface area contributed by atoms with Gasteiger partial charge in [0.15, 0.2) is 0 Å². The van der Waals surface area contributed by atoms with Crippen LogP contribution in [0.5, 0.6) is 5.88 Å². The number of hydrogen-bond acceptors (Lipinski definition) is 7. The van der Waals surface area contributed by atoms with Gasteiger partial charge < -0.3 is 20.8 Å². The fourth-order valence-corrected chi connectivity index (χ4v) is 3.57. The van der Waals surface area contributed by atoms with E-state index in [0.717, 1.165) is 22.5 Å². The van der Waals surface area contributed by atoms with Crippen molar-refractivity contribution >= 4 is 16.7 Å². The first-order valence-corrected chi connectivity index (χ1v) is 10.8. The van der Waals surface area contributed by atoms with E-state index in [4.69, 9.17) is 15.5 Å². The van der Waals surface area contributed by atoms with Crippen LogP contribution < -0.4 is 15.8 Å². The molecule has 2 aromatic carbocycles. The molecule has 170 valence electrons. The molecule has 8 nitrogen and oxygen atoms in total. The molecule has 3 heterocycles. The maximum absolute atomic E-state index is 14.0. The van der Waals surface area contributed by atoms with Crippen LogP contribution in [0.15, 0.2) is 73.1 Å². The summed E-state index contributed by atoms with van der Waals surface area (Å²) >= 11 is 0. The molecule has 4 N–H and O–H groups in total. The minimum Gasteiger partial charge on any atom is -0.475 e. The fourth-order valence-electron chi connectivity index (χ4n) is 3.57. The van der Waals surface area contributed by atoms with Crippen molar-refractivity contribution in [2.24, 2.45) is 5.73 Å². The molecule has 0 aliphatic rings. The number of rotatable bonds is 8. The number of anilines is 1. The van der Waals surface area contributed by atoms with Crippen molar-refractivity contribution in [1.82, 2.24) is 24.9 Å². The number of benzene rings is 2. The van der Waals surface area contributed by atoms with Gasteiger partial charge >= 0.3 is 0 Å².